The first-order valence-electron chi connectivity index (χ1n) is 4.95. The number of phenols is 2. The molecule has 5 heteroatoms. The van der Waals surface area contributed by atoms with Gasteiger partial charge in [-0.25, -0.2) is 0 Å². The predicted molar refractivity (Wildman–Crippen MR) is 62.5 cm³/mol. The van der Waals surface area contributed by atoms with Crippen molar-refractivity contribution in [1.29, 1.82) is 0 Å². The van der Waals surface area contributed by atoms with Crippen LogP contribution in [0.3, 0.4) is 0 Å². The van der Waals surface area contributed by atoms with Crippen molar-refractivity contribution in [1.82, 2.24) is 0 Å². The van der Waals surface area contributed by atoms with Crippen LogP contribution in [-0.2, 0) is 4.79 Å². The van der Waals surface area contributed by atoms with E-state index in [1.54, 1.807) is 24.3 Å². The lowest BCUT2D eigenvalue weighted by molar-refractivity contribution is -0.116. The van der Waals surface area contributed by atoms with Gasteiger partial charge in [0, 0.05) is 23.8 Å². The van der Waals surface area contributed by atoms with Crippen LogP contribution in [0, 0.1) is 0 Å². The lowest BCUT2D eigenvalue weighted by Crippen LogP contribution is -1.80. The molecule has 0 atom stereocenters. The molecule has 17 heavy (non-hydrogen) atoms. The highest BCUT2D eigenvalue weighted by Crippen LogP contribution is 2.40. The molecule has 0 unspecified atom stereocenters. The van der Waals surface area contributed by atoms with Gasteiger partial charge in [0.25, 0.3) is 5.91 Å². The van der Waals surface area contributed by atoms with Crippen molar-refractivity contribution in [2.75, 3.05) is 0 Å². The number of nitrogens with zero attached hydrogens (tertiary/aromatic N) is 2. The van der Waals surface area contributed by atoms with Gasteiger partial charge in [-0.15, -0.1) is 10.2 Å². The van der Waals surface area contributed by atoms with Gasteiger partial charge in [-0.2, -0.15) is 0 Å². The van der Waals surface area contributed by atoms with Crippen molar-refractivity contribution in [2.24, 2.45) is 10.2 Å². The summed E-state index contributed by atoms with van der Waals surface area (Å²) in [5.74, 6) is -0.601. The molecule has 0 aliphatic heterocycles. The smallest absolute Gasteiger partial charge is 0.261 e. The summed E-state index contributed by atoms with van der Waals surface area (Å²) in [6.45, 7) is 1.25. The third-order valence-electron chi connectivity index (χ3n) is 2.27. The van der Waals surface area contributed by atoms with Gasteiger partial charge in [0.2, 0.25) is 0 Å². The maximum absolute atomic E-state index is 10.7. The van der Waals surface area contributed by atoms with E-state index >= 15 is 0 Å². The number of benzene rings is 2. The second-order valence-electron chi connectivity index (χ2n) is 3.53. The molecule has 0 bridgehead atoms. The Hall–Kier alpha value is -2.43. The molecule has 0 fully saturated rings. The molecule has 0 saturated heterocycles. The Morgan fingerprint density at radius 1 is 1.18 bits per heavy atom. The van der Waals surface area contributed by atoms with Gasteiger partial charge in [0.1, 0.15) is 11.4 Å². The van der Waals surface area contributed by atoms with Crippen LogP contribution in [0.1, 0.15) is 6.92 Å². The largest absolute Gasteiger partial charge is 0.507 e. The number of fused-ring (bicyclic) bond motifs is 1. The first kappa shape index (κ1) is 11.1. The summed E-state index contributed by atoms with van der Waals surface area (Å²) >= 11 is 0. The Morgan fingerprint density at radius 3 is 2.47 bits per heavy atom. The van der Waals surface area contributed by atoms with Crippen molar-refractivity contribution in [3.05, 3.63) is 30.3 Å². The van der Waals surface area contributed by atoms with Crippen LogP contribution in [0.4, 0.5) is 5.69 Å². The SMILES string of the molecule is CC(=O)N=Nc1cc(O)c2ccccc2c1O. The van der Waals surface area contributed by atoms with Gasteiger partial charge in [0.15, 0.2) is 5.75 Å². The molecule has 0 heterocycles. The Kier molecular flexibility index (Phi) is 2.74. The molecule has 0 aliphatic rings. The summed E-state index contributed by atoms with van der Waals surface area (Å²) in [6, 6.07) is 8.07. The van der Waals surface area contributed by atoms with E-state index in [1.165, 1.54) is 13.0 Å². The van der Waals surface area contributed by atoms with Crippen LogP contribution in [0.2, 0.25) is 0 Å². The molecule has 0 aliphatic carbocycles. The molecule has 0 aromatic heterocycles. The van der Waals surface area contributed by atoms with Gasteiger partial charge in [0.05, 0.1) is 0 Å². The van der Waals surface area contributed by atoms with E-state index in [-0.39, 0.29) is 17.2 Å². The second kappa shape index (κ2) is 4.21. The Balaban J connectivity index is 2.67. The normalized spacial score (nSPS) is 11.1. The Bertz CT molecular complexity index is 620. The van der Waals surface area contributed by atoms with Crippen LogP contribution in [0.25, 0.3) is 10.8 Å². The fourth-order valence-corrected chi connectivity index (χ4v) is 1.53. The average Bonchev–Trinajstić information content (AvgIpc) is 2.32. The highest BCUT2D eigenvalue weighted by atomic mass is 16.3. The van der Waals surface area contributed by atoms with Crippen LogP contribution in [-0.4, -0.2) is 16.1 Å². The number of carbonyl (C=O) groups is 1. The summed E-state index contributed by atoms with van der Waals surface area (Å²) < 4.78 is 0. The molecule has 2 aromatic rings. The summed E-state index contributed by atoms with van der Waals surface area (Å²) in [5, 5.41) is 27.5. The molecule has 0 radical (unpaired) electrons. The maximum atomic E-state index is 10.7. The van der Waals surface area contributed by atoms with Crippen LogP contribution < -0.4 is 0 Å². The minimum atomic E-state index is -0.475. The topological polar surface area (TPSA) is 82.2 Å². The minimum absolute atomic E-state index is 0.0177. The highest BCUT2D eigenvalue weighted by Gasteiger charge is 2.10. The van der Waals surface area contributed by atoms with E-state index in [9.17, 15) is 15.0 Å². The van der Waals surface area contributed by atoms with E-state index in [0.717, 1.165) is 0 Å². The molecule has 2 aromatic carbocycles. The van der Waals surface area contributed by atoms with Crippen LogP contribution in [0.15, 0.2) is 40.6 Å². The fourth-order valence-electron chi connectivity index (χ4n) is 1.53. The molecular formula is C12H10N2O3. The standard InChI is InChI=1S/C12H10N2O3/c1-7(15)13-14-10-6-11(16)8-4-2-3-5-9(8)12(10)17/h2-6,16-17H,1H3. The summed E-state index contributed by atoms with van der Waals surface area (Å²) in [7, 11) is 0. The number of rotatable bonds is 1. The highest BCUT2D eigenvalue weighted by molar-refractivity contribution is 5.96. The van der Waals surface area contributed by atoms with E-state index in [1.807, 2.05) is 0 Å². The molecule has 2 N–H and O–H groups in total. The number of carbonyl (C=O) groups excluding carboxylic acids is 1. The molecule has 0 spiro atoms. The lowest BCUT2D eigenvalue weighted by Gasteiger charge is -2.05. The molecule has 0 saturated carbocycles. The third-order valence-corrected chi connectivity index (χ3v) is 2.27. The number of amides is 1. The molecule has 1 amide bonds. The summed E-state index contributed by atoms with van der Waals surface area (Å²) in [4.78, 5) is 10.7. The number of hydrogen-bond donors (Lipinski definition) is 2. The minimum Gasteiger partial charge on any atom is -0.507 e. The maximum Gasteiger partial charge on any atom is 0.261 e. The second-order valence-corrected chi connectivity index (χ2v) is 3.53. The monoisotopic (exact) mass is 230 g/mol. The van der Waals surface area contributed by atoms with E-state index < -0.39 is 5.91 Å². The average molecular weight is 230 g/mol. The van der Waals surface area contributed by atoms with E-state index in [0.29, 0.717) is 10.8 Å². The van der Waals surface area contributed by atoms with Crippen molar-refractivity contribution >= 4 is 22.4 Å². The lowest BCUT2D eigenvalue weighted by atomic mass is 10.1. The third kappa shape index (κ3) is 2.08. The van der Waals surface area contributed by atoms with Crippen molar-refractivity contribution in [2.45, 2.75) is 6.92 Å². The van der Waals surface area contributed by atoms with Gasteiger partial charge in [-0.05, 0) is 0 Å². The first-order valence-corrected chi connectivity index (χ1v) is 4.95. The van der Waals surface area contributed by atoms with Gasteiger partial charge in [-0.3, -0.25) is 4.79 Å². The summed E-state index contributed by atoms with van der Waals surface area (Å²) in [5.41, 5.74) is 0.0661. The Labute approximate surface area is 97.0 Å². The molecule has 5 nitrogen and oxygen atoms in total. The number of phenolic OH excluding ortho intramolecular Hbond substituents is 2. The van der Waals surface area contributed by atoms with Crippen molar-refractivity contribution in [3.8, 4) is 11.5 Å². The molecule has 86 valence electrons. The van der Waals surface area contributed by atoms with E-state index in [2.05, 4.69) is 10.2 Å². The fraction of sp³-hybridized carbons (Fsp3) is 0.0833. The molecular weight excluding hydrogens is 220 g/mol. The number of hydrogen-bond acceptors (Lipinski definition) is 4. The molecule has 2 rings (SSSR count). The van der Waals surface area contributed by atoms with Gasteiger partial charge in [-0.1, -0.05) is 24.3 Å². The zero-order valence-corrected chi connectivity index (χ0v) is 9.08. The predicted octanol–water partition coefficient (Wildman–Crippen LogP) is 2.88. The van der Waals surface area contributed by atoms with Crippen LogP contribution in [0.5, 0.6) is 11.5 Å². The van der Waals surface area contributed by atoms with Crippen molar-refractivity contribution in [3.63, 3.8) is 0 Å². The number of azo groups is 1. The first-order chi connectivity index (χ1) is 8.09. The van der Waals surface area contributed by atoms with E-state index in [4.69, 9.17) is 0 Å². The Morgan fingerprint density at radius 2 is 1.82 bits per heavy atom. The summed E-state index contributed by atoms with van der Waals surface area (Å²) in [6.07, 6.45) is 0. The van der Waals surface area contributed by atoms with Crippen molar-refractivity contribution < 1.29 is 15.0 Å². The zero-order valence-electron chi connectivity index (χ0n) is 9.08. The quantitative estimate of drug-likeness (QED) is 0.583. The van der Waals surface area contributed by atoms with Gasteiger partial charge >= 0.3 is 0 Å². The zero-order chi connectivity index (χ0) is 12.4. The van der Waals surface area contributed by atoms with Gasteiger partial charge < -0.3 is 10.2 Å². The van der Waals surface area contributed by atoms with Crippen LogP contribution >= 0.6 is 0 Å². The number of aromatic hydroxyl groups is 2.